The van der Waals surface area contributed by atoms with Gasteiger partial charge in [0.05, 0.1) is 12.3 Å². The minimum atomic E-state index is 0.671. The number of guanidine groups is 1. The number of benzene rings is 1. The summed E-state index contributed by atoms with van der Waals surface area (Å²) in [6, 6.07) is 12.0. The van der Waals surface area contributed by atoms with Crippen molar-refractivity contribution >= 4 is 5.96 Å². The van der Waals surface area contributed by atoms with Gasteiger partial charge in [0.15, 0.2) is 5.96 Å². The molecule has 1 aromatic carbocycles. The molecule has 0 fully saturated rings. The van der Waals surface area contributed by atoms with Gasteiger partial charge in [-0.1, -0.05) is 18.2 Å². The van der Waals surface area contributed by atoms with Gasteiger partial charge in [-0.05, 0) is 45.4 Å². The van der Waals surface area contributed by atoms with Gasteiger partial charge in [-0.15, -0.1) is 0 Å². The Morgan fingerprint density at radius 1 is 1.15 bits per heavy atom. The third-order valence-electron chi connectivity index (χ3n) is 3.87. The number of nitrogens with one attached hydrogen (secondary N) is 2. The zero-order chi connectivity index (χ0) is 18.6. The minimum Gasteiger partial charge on any atom is -0.494 e. The number of aryl methyl sites for hydroxylation is 3. The highest BCUT2D eigenvalue weighted by Gasteiger charge is 2.01. The Bertz CT molecular complexity index is 666. The number of para-hydroxylation sites is 1. The SMILES string of the molecule is CCNC(=NCCCOc1ccccc1)NCCCn1nc(C)cc1C. The number of nitrogens with zero attached hydrogens (tertiary/aromatic N) is 3. The lowest BCUT2D eigenvalue weighted by Crippen LogP contribution is -2.38. The van der Waals surface area contributed by atoms with Gasteiger partial charge in [0.2, 0.25) is 0 Å². The third kappa shape index (κ3) is 7.17. The summed E-state index contributed by atoms with van der Waals surface area (Å²) in [5.74, 6) is 1.77. The van der Waals surface area contributed by atoms with Gasteiger partial charge in [0.1, 0.15) is 5.75 Å². The maximum absolute atomic E-state index is 5.69. The first-order chi connectivity index (χ1) is 12.7. The summed E-state index contributed by atoms with van der Waals surface area (Å²) in [7, 11) is 0. The van der Waals surface area contributed by atoms with Crippen molar-refractivity contribution in [3.8, 4) is 5.75 Å². The lowest BCUT2D eigenvalue weighted by atomic mass is 10.3. The van der Waals surface area contributed by atoms with E-state index in [1.165, 1.54) is 5.69 Å². The Morgan fingerprint density at radius 2 is 1.96 bits per heavy atom. The lowest BCUT2D eigenvalue weighted by molar-refractivity contribution is 0.313. The fraction of sp³-hybridized carbons (Fsp3) is 0.500. The number of aromatic nitrogens is 2. The van der Waals surface area contributed by atoms with Crippen molar-refractivity contribution in [2.24, 2.45) is 4.99 Å². The molecule has 0 atom stereocenters. The Kier molecular flexibility index (Phi) is 8.52. The van der Waals surface area contributed by atoms with E-state index < -0.39 is 0 Å². The van der Waals surface area contributed by atoms with Crippen molar-refractivity contribution in [3.05, 3.63) is 47.8 Å². The van der Waals surface area contributed by atoms with Crippen LogP contribution in [0.15, 0.2) is 41.4 Å². The van der Waals surface area contributed by atoms with E-state index in [1.807, 2.05) is 37.3 Å². The van der Waals surface area contributed by atoms with Crippen LogP contribution in [0.1, 0.15) is 31.2 Å². The highest BCUT2D eigenvalue weighted by molar-refractivity contribution is 5.79. The summed E-state index contributed by atoms with van der Waals surface area (Å²) in [5.41, 5.74) is 2.28. The van der Waals surface area contributed by atoms with Crippen molar-refractivity contribution in [1.29, 1.82) is 0 Å². The van der Waals surface area contributed by atoms with Gasteiger partial charge in [-0.2, -0.15) is 5.10 Å². The molecule has 0 spiro atoms. The van der Waals surface area contributed by atoms with Crippen LogP contribution in [0.3, 0.4) is 0 Å². The van der Waals surface area contributed by atoms with E-state index >= 15 is 0 Å². The molecular weight excluding hydrogens is 326 g/mol. The molecule has 1 heterocycles. The molecular formula is C20H31N5O. The molecule has 0 unspecified atom stereocenters. The number of rotatable bonds is 10. The van der Waals surface area contributed by atoms with Crippen LogP contribution in [0.5, 0.6) is 5.75 Å². The van der Waals surface area contributed by atoms with Gasteiger partial charge < -0.3 is 15.4 Å². The first-order valence-electron chi connectivity index (χ1n) is 9.40. The predicted octanol–water partition coefficient (Wildman–Crippen LogP) is 2.91. The zero-order valence-corrected chi connectivity index (χ0v) is 16.2. The molecule has 0 bridgehead atoms. The Balaban J connectivity index is 1.64. The monoisotopic (exact) mass is 357 g/mol. The second kappa shape index (κ2) is 11.2. The second-order valence-corrected chi connectivity index (χ2v) is 6.21. The summed E-state index contributed by atoms with van der Waals surface area (Å²) in [5, 5.41) is 11.2. The molecule has 0 aliphatic rings. The average Bonchev–Trinajstić information content (AvgIpc) is 2.96. The van der Waals surface area contributed by atoms with Crippen LogP contribution in [-0.4, -0.2) is 42.0 Å². The van der Waals surface area contributed by atoms with E-state index in [9.17, 15) is 0 Å². The third-order valence-corrected chi connectivity index (χ3v) is 3.87. The molecule has 0 aliphatic carbocycles. The largest absolute Gasteiger partial charge is 0.494 e. The highest BCUT2D eigenvalue weighted by Crippen LogP contribution is 2.08. The van der Waals surface area contributed by atoms with Crippen LogP contribution in [-0.2, 0) is 6.54 Å². The Morgan fingerprint density at radius 3 is 2.65 bits per heavy atom. The summed E-state index contributed by atoms with van der Waals surface area (Å²) < 4.78 is 7.75. The molecule has 2 N–H and O–H groups in total. The van der Waals surface area contributed by atoms with Crippen LogP contribution >= 0.6 is 0 Å². The molecule has 1 aromatic heterocycles. The van der Waals surface area contributed by atoms with Crippen molar-refractivity contribution in [1.82, 2.24) is 20.4 Å². The van der Waals surface area contributed by atoms with E-state index in [0.29, 0.717) is 6.61 Å². The first-order valence-corrected chi connectivity index (χ1v) is 9.40. The molecule has 142 valence electrons. The van der Waals surface area contributed by atoms with Crippen LogP contribution in [0, 0.1) is 13.8 Å². The van der Waals surface area contributed by atoms with Gasteiger partial charge in [0.25, 0.3) is 0 Å². The zero-order valence-electron chi connectivity index (χ0n) is 16.2. The second-order valence-electron chi connectivity index (χ2n) is 6.21. The number of hydrogen-bond donors (Lipinski definition) is 2. The summed E-state index contributed by atoms with van der Waals surface area (Å²) in [6.45, 7) is 10.2. The molecule has 0 radical (unpaired) electrons. The van der Waals surface area contributed by atoms with E-state index in [-0.39, 0.29) is 0 Å². The van der Waals surface area contributed by atoms with Gasteiger partial charge in [0, 0.05) is 38.3 Å². The number of hydrogen-bond acceptors (Lipinski definition) is 3. The van der Waals surface area contributed by atoms with Crippen LogP contribution < -0.4 is 15.4 Å². The molecule has 26 heavy (non-hydrogen) atoms. The van der Waals surface area contributed by atoms with Gasteiger partial charge in [-0.25, -0.2) is 0 Å². The van der Waals surface area contributed by atoms with Crippen molar-refractivity contribution in [3.63, 3.8) is 0 Å². The van der Waals surface area contributed by atoms with Crippen molar-refractivity contribution in [2.75, 3.05) is 26.2 Å². The molecule has 6 heteroatoms. The van der Waals surface area contributed by atoms with Gasteiger partial charge in [-0.3, -0.25) is 9.67 Å². The lowest BCUT2D eigenvalue weighted by Gasteiger charge is -2.12. The van der Waals surface area contributed by atoms with E-state index in [4.69, 9.17) is 4.74 Å². The maximum atomic E-state index is 5.69. The minimum absolute atomic E-state index is 0.671. The summed E-state index contributed by atoms with van der Waals surface area (Å²) in [4.78, 5) is 4.60. The molecule has 0 amide bonds. The van der Waals surface area contributed by atoms with Crippen LogP contribution in [0.25, 0.3) is 0 Å². The van der Waals surface area contributed by atoms with E-state index in [1.54, 1.807) is 0 Å². The number of ether oxygens (including phenoxy) is 1. The first kappa shape index (κ1) is 19.8. The molecule has 0 saturated heterocycles. The molecule has 2 rings (SSSR count). The quantitative estimate of drug-likeness (QED) is 0.390. The Labute approximate surface area is 156 Å². The standard InChI is InChI=1S/C20H31N5O/c1-4-21-20(22-12-8-14-25-18(3)16-17(2)24-25)23-13-9-15-26-19-10-6-5-7-11-19/h5-7,10-11,16H,4,8-9,12-15H2,1-3H3,(H2,21,22,23). The fourth-order valence-corrected chi connectivity index (χ4v) is 2.64. The van der Waals surface area contributed by atoms with E-state index in [0.717, 1.165) is 56.4 Å². The predicted molar refractivity (Wildman–Crippen MR) is 107 cm³/mol. The summed E-state index contributed by atoms with van der Waals surface area (Å²) in [6.07, 6.45) is 1.89. The Hall–Kier alpha value is -2.50. The topological polar surface area (TPSA) is 63.5 Å². The van der Waals surface area contributed by atoms with Crippen molar-refractivity contribution < 1.29 is 4.74 Å². The highest BCUT2D eigenvalue weighted by atomic mass is 16.5. The summed E-state index contributed by atoms with van der Waals surface area (Å²) >= 11 is 0. The molecule has 0 aliphatic heterocycles. The number of aliphatic imine (C=N–C) groups is 1. The van der Waals surface area contributed by atoms with Gasteiger partial charge >= 0.3 is 0 Å². The smallest absolute Gasteiger partial charge is 0.191 e. The molecule has 6 nitrogen and oxygen atoms in total. The average molecular weight is 358 g/mol. The fourth-order valence-electron chi connectivity index (χ4n) is 2.64. The molecule has 0 saturated carbocycles. The van der Waals surface area contributed by atoms with Crippen LogP contribution in [0.4, 0.5) is 0 Å². The van der Waals surface area contributed by atoms with Crippen molar-refractivity contribution in [2.45, 2.75) is 40.2 Å². The van der Waals surface area contributed by atoms with Crippen LogP contribution in [0.2, 0.25) is 0 Å². The molecule has 2 aromatic rings. The maximum Gasteiger partial charge on any atom is 0.191 e. The van der Waals surface area contributed by atoms with E-state index in [2.05, 4.69) is 45.3 Å². The normalized spacial score (nSPS) is 11.4.